The van der Waals surface area contributed by atoms with Gasteiger partial charge in [-0.1, -0.05) is 31.2 Å². The molecule has 3 atom stereocenters. The van der Waals surface area contributed by atoms with E-state index >= 15 is 0 Å². The first-order valence-electron chi connectivity index (χ1n) is 15.6. The second kappa shape index (κ2) is 14.3. The number of esters is 1. The molecule has 0 amide bonds. The van der Waals surface area contributed by atoms with Crippen LogP contribution in [0.15, 0.2) is 48.5 Å². The van der Waals surface area contributed by atoms with Crippen molar-refractivity contribution in [3.8, 4) is 11.5 Å². The number of rotatable bonds is 14. The smallest absolute Gasteiger partial charge is 0.453 e. The van der Waals surface area contributed by atoms with Gasteiger partial charge in [0.2, 0.25) is 0 Å². The number of aromatic hydroxyl groups is 1. The predicted octanol–water partition coefficient (Wildman–Crippen LogP) is 8.39. The molecule has 2 aliphatic carbocycles. The molecule has 4 rings (SSSR count). The summed E-state index contributed by atoms with van der Waals surface area (Å²) in [7, 11) is -3.73. The van der Waals surface area contributed by atoms with Crippen LogP contribution in [0.5, 0.6) is 11.5 Å². The van der Waals surface area contributed by atoms with Gasteiger partial charge in [0.05, 0.1) is 18.1 Å². The Kier molecular flexibility index (Phi) is 11.1. The molecule has 1 N–H and O–H groups in total. The molecule has 1 fully saturated rings. The van der Waals surface area contributed by atoms with Crippen molar-refractivity contribution in [1.82, 2.24) is 0 Å². The largest absolute Gasteiger partial charge is 0.508 e. The van der Waals surface area contributed by atoms with Crippen LogP contribution in [0.3, 0.4) is 0 Å². The monoisotopic (exact) mass is 672 g/mol. The minimum atomic E-state index is -5.69. The number of phenols is 1. The van der Waals surface area contributed by atoms with E-state index in [0.717, 1.165) is 42.4 Å². The number of carbonyl (C=O) groups excluding carboxylic acids is 1. The Morgan fingerprint density at radius 2 is 1.50 bits per heavy atom. The number of halogens is 5. The molecule has 6 nitrogen and oxygen atoms in total. The summed E-state index contributed by atoms with van der Waals surface area (Å²) < 4.78 is 98.5. The summed E-state index contributed by atoms with van der Waals surface area (Å²) in [4.78, 5) is 11.9. The Bertz CT molecular complexity index is 1490. The van der Waals surface area contributed by atoms with Gasteiger partial charge in [-0.05, 0) is 104 Å². The van der Waals surface area contributed by atoms with Gasteiger partial charge in [-0.15, -0.1) is 0 Å². The quantitative estimate of drug-likeness (QED) is 0.123. The summed E-state index contributed by atoms with van der Waals surface area (Å²) in [5.41, 5.74) is 4.19. The zero-order chi connectivity index (χ0) is 33.8. The van der Waals surface area contributed by atoms with E-state index in [-0.39, 0.29) is 35.4 Å². The predicted molar refractivity (Wildman–Crippen MR) is 165 cm³/mol. The van der Waals surface area contributed by atoms with Gasteiger partial charge in [-0.25, -0.2) is 8.42 Å². The molecule has 12 heteroatoms. The second-order valence-electron chi connectivity index (χ2n) is 12.7. The third-order valence-electron chi connectivity index (χ3n) is 9.27. The molecule has 0 bridgehead atoms. The van der Waals surface area contributed by atoms with Gasteiger partial charge < -0.3 is 14.6 Å². The molecule has 0 radical (unpaired) electrons. The van der Waals surface area contributed by atoms with Gasteiger partial charge in [0, 0.05) is 18.8 Å². The highest BCUT2D eigenvalue weighted by molar-refractivity contribution is 7.91. The first kappa shape index (κ1) is 35.7. The number of hydrogen-bond acceptors (Lipinski definition) is 6. The van der Waals surface area contributed by atoms with Crippen LogP contribution < -0.4 is 4.74 Å². The minimum absolute atomic E-state index is 0.164. The highest BCUT2D eigenvalue weighted by Crippen LogP contribution is 2.58. The molecule has 2 aromatic carbocycles. The minimum Gasteiger partial charge on any atom is -0.508 e. The maximum Gasteiger partial charge on any atom is 0.453 e. The van der Waals surface area contributed by atoms with Gasteiger partial charge >= 0.3 is 18.1 Å². The van der Waals surface area contributed by atoms with Crippen molar-refractivity contribution >= 4 is 27.0 Å². The molecule has 46 heavy (non-hydrogen) atoms. The Hall–Kier alpha value is -3.15. The normalized spacial score (nSPS) is 22.1. The average molecular weight is 673 g/mol. The lowest BCUT2D eigenvalue weighted by Crippen LogP contribution is -2.38. The van der Waals surface area contributed by atoms with Crippen molar-refractivity contribution < 1.29 is 49.7 Å². The number of unbranched alkanes of at least 4 members (excludes halogenated alkanes) is 2. The number of benzene rings is 2. The standard InChI is InChI=1S/C34H41F5O6S/c1-23(40)45-31-16-11-26-21-29(24-7-12-27(41)13-8-24)30(22-32(26,31)2)25-9-14-28(15-10-25)44-18-4-3-5-19-46(42,43)20-6-17-33(35,36)34(37,38)39/h7-10,12-15,26,31,41H,3-6,11,16-22H2,1-2H3/t26-,31-,32-/m0/s1. The van der Waals surface area contributed by atoms with Gasteiger partial charge in [-0.3, -0.25) is 4.79 Å². The maximum absolute atomic E-state index is 13.0. The molecule has 0 aromatic heterocycles. The molecule has 0 unspecified atom stereocenters. The first-order chi connectivity index (χ1) is 21.5. The van der Waals surface area contributed by atoms with E-state index in [0.29, 0.717) is 31.1 Å². The molecule has 1 saturated carbocycles. The molecule has 2 aromatic rings. The Morgan fingerprint density at radius 3 is 2.13 bits per heavy atom. The number of fused-ring (bicyclic) bond motifs is 1. The first-order valence-corrected chi connectivity index (χ1v) is 17.4. The molecular weight excluding hydrogens is 631 g/mol. The number of phenolic OH excluding ortho intramolecular Hbond substituents is 1. The summed E-state index contributed by atoms with van der Waals surface area (Å²) in [6.07, 6.45) is -3.55. The van der Waals surface area contributed by atoms with Crippen LogP contribution in [-0.2, 0) is 19.4 Å². The van der Waals surface area contributed by atoms with Crippen molar-refractivity contribution in [3.05, 3.63) is 59.7 Å². The molecule has 0 saturated heterocycles. The average Bonchev–Trinajstić information content (AvgIpc) is 3.28. The summed E-state index contributed by atoms with van der Waals surface area (Å²) in [6, 6.07) is 14.9. The maximum atomic E-state index is 13.0. The van der Waals surface area contributed by atoms with Crippen molar-refractivity contribution in [1.29, 1.82) is 0 Å². The lowest BCUT2D eigenvalue weighted by atomic mass is 9.64. The van der Waals surface area contributed by atoms with E-state index in [1.807, 2.05) is 36.4 Å². The number of hydrogen-bond donors (Lipinski definition) is 1. The van der Waals surface area contributed by atoms with E-state index in [9.17, 15) is 40.3 Å². The number of allylic oxidation sites excluding steroid dienone is 2. The SMILES string of the molecule is CC(=O)O[C@H]1CC[C@H]2CC(c3ccc(O)cc3)=C(c3ccc(OCCCCCS(=O)(=O)CCCC(F)(F)C(F)(F)F)cc3)C[C@@]21C. The van der Waals surface area contributed by atoms with Crippen LogP contribution >= 0.6 is 0 Å². The number of alkyl halides is 5. The lowest BCUT2D eigenvalue weighted by Gasteiger charge is -2.42. The molecule has 254 valence electrons. The third kappa shape index (κ3) is 8.80. The molecule has 0 spiro atoms. The van der Waals surface area contributed by atoms with E-state index in [2.05, 4.69) is 6.92 Å². The fourth-order valence-electron chi connectivity index (χ4n) is 6.65. The van der Waals surface area contributed by atoms with Crippen molar-refractivity contribution in [3.63, 3.8) is 0 Å². The van der Waals surface area contributed by atoms with Gasteiger partial charge in [0.25, 0.3) is 0 Å². The number of sulfone groups is 1. The van der Waals surface area contributed by atoms with Gasteiger partial charge in [0.1, 0.15) is 27.4 Å². The molecule has 0 heterocycles. The fourth-order valence-corrected chi connectivity index (χ4v) is 8.08. The van der Waals surface area contributed by atoms with Crippen molar-refractivity contribution in [2.45, 2.75) is 89.8 Å². The van der Waals surface area contributed by atoms with E-state index in [1.54, 1.807) is 12.1 Å². The Morgan fingerprint density at radius 1 is 0.891 bits per heavy atom. The van der Waals surface area contributed by atoms with Crippen LogP contribution in [-0.4, -0.2) is 55.8 Å². The summed E-state index contributed by atoms with van der Waals surface area (Å²) in [5.74, 6) is -5.00. The van der Waals surface area contributed by atoms with Crippen molar-refractivity contribution in [2.75, 3.05) is 18.1 Å². The third-order valence-corrected chi connectivity index (χ3v) is 11.1. The highest BCUT2D eigenvalue weighted by atomic mass is 32.2. The van der Waals surface area contributed by atoms with Crippen LogP contribution in [0.25, 0.3) is 11.1 Å². The Labute approximate surface area is 266 Å². The zero-order valence-electron chi connectivity index (χ0n) is 26.0. The van der Waals surface area contributed by atoms with Crippen molar-refractivity contribution in [2.24, 2.45) is 11.3 Å². The lowest BCUT2D eigenvalue weighted by molar-refractivity contribution is -0.284. The second-order valence-corrected chi connectivity index (χ2v) is 15.0. The molecule has 0 aliphatic heterocycles. The fraction of sp³-hybridized carbons (Fsp3) is 0.559. The summed E-state index contributed by atoms with van der Waals surface area (Å²) in [5, 5.41) is 9.85. The Balaban J connectivity index is 1.33. The number of carbonyl (C=O) groups is 1. The van der Waals surface area contributed by atoms with E-state index < -0.39 is 40.5 Å². The molecule has 2 aliphatic rings. The van der Waals surface area contributed by atoms with Crippen LogP contribution in [0.4, 0.5) is 22.0 Å². The summed E-state index contributed by atoms with van der Waals surface area (Å²) >= 11 is 0. The molecular formula is C34H41F5O6S. The van der Waals surface area contributed by atoms with E-state index in [4.69, 9.17) is 9.47 Å². The van der Waals surface area contributed by atoms with Gasteiger partial charge in [-0.2, -0.15) is 22.0 Å². The topological polar surface area (TPSA) is 89.9 Å². The highest BCUT2D eigenvalue weighted by Gasteiger charge is 2.56. The zero-order valence-corrected chi connectivity index (χ0v) is 26.9. The number of ether oxygens (including phenoxy) is 2. The van der Waals surface area contributed by atoms with Crippen LogP contribution in [0.2, 0.25) is 0 Å². The van der Waals surface area contributed by atoms with Gasteiger partial charge in [0.15, 0.2) is 0 Å². The van der Waals surface area contributed by atoms with E-state index in [1.165, 1.54) is 12.5 Å². The van der Waals surface area contributed by atoms with Crippen LogP contribution in [0.1, 0.15) is 82.8 Å². The van der Waals surface area contributed by atoms with Crippen LogP contribution in [0, 0.1) is 11.3 Å². The summed E-state index contributed by atoms with van der Waals surface area (Å²) in [6.45, 7) is 3.96.